The second-order valence-corrected chi connectivity index (χ2v) is 5.53. The summed E-state index contributed by atoms with van der Waals surface area (Å²) in [6.45, 7) is 10.8. The molecule has 0 bridgehead atoms. The molecule has 0 fully saturated rings. The summed E-state index contributed by atoms with van der Waals surface area (Å²) in [5.41, 5.74) is 2.40. The number of nitrogens with zero attached hydrogens (tertiary/aromatic N) is 1. The Morgan fingerprint density at radius 1 is 1.28 bits per heavy atom. The van der Waals surface area contributed by atoms with Gasteiger partial charge in [0.1, 0.15) is 5.82 Å². The summed E-state index contributed by atoms with van der Waals surface area (Å²) in [6.07, 6.45) is 0. The molecule has 0 saturated carbocycles. The maximum absolute atomic E-state index is 5.01. The molecular formula is C14H25N3O. The molecule has 0 radical (unpaired) electrons. The second-order valence-electron chi connectivity index (χ2n) is 5.53. The first-order chi connectivity index (χ1) is 8.40. The van der Waals surface area contributed by atoms with Crippen LogP contribution < -0.4 is 10.6 Å². The summed E-state index contributed by atoms with van der Waals surface area (Å²) in [7, 11) is 1.70. The van der Waals surface area contributed by atoms with Crippen molar-refractivity contribution >= 4 is 5.82 Å². The highest BCUT2D eigenvalue weighted by Gasteiger charge is 2.09. The van der Waals surface area contributed by atoms with Gasteiger partial charge in [-0.25, -0.2) is 4.98 Å². The van der Waals surface area contributed by atoms with E-state index in [0.717, 1.165) is 24.6 Å². The van der Waals surface area contributed by atoms with Crippen LogP contribution in [0.15, 0.2) is 12.1 Å². The minimum Gasteiger partial charge on any atom is -0.383 e. The van der Waals surface area contributed by atoms with Gasteiger partial charge >= 0.3 is 0 Å². The third kappa shape index (κ3) is 5.98. The van der Waals surface area contributed by atoms with Crippen molar-refractivity contribution in [1.82, 2.24) is 10.3 Å². The maximum atomic E-state index is 5.01. The summed E-state index contributed by atoms with van der Waals surface area (Å²) < 4.78 is 5.01. The minimum absolute atomic E-state index is 0.126. The fourth-order valence-electron chi connectivity index (χ4n) is 1.58. The van der Waals surface area contributed by atoms with E-state index in [1.165, 1.54) is 5.56 Å². The van der Waals surface area contributed by atoms with Gasteiger partial charge in [0.25, 0.3) is 0 Å². The van der Waals surface area contributed by atoms with Gasteiger partial charge < -0.3 is 15.4 Å². The summed E-state index contributed by atoms with van der Waals surface area (Å²) in [5, 5.41) is 6.74. The van der Waals surface area contributed by atoms with E-state index in [1.807, 2.05) is 6.92 Å². The zero-order valence-electron chi connectivity index (χ0n) is 12.1. The van der Waals surface area contributed by atoms with Gasteiger partial charge in [-0.15, -0.1) is 0 Å². The largest absolute Gasteiger partial charge is 0.383 e. The highest BCUT2D eigenvalue weighted by atomic mass is 16.5. The monoisotopic (exact) mass is 251 g/mol. The quantitative estimate of drug-likeness (QED) is 0.762. The molecular weight excluding hydrogens is 226 g/mol. The van der Waals surface area contributed by atoms with Gasteiger partial charge in [-0.2, -0.15) is 0 Å². The number of aromatic nitrogens is 1. The maximum Gasteiger partial charge on any atom is 0.126 e. The first-order valence-corrected chi connectivity index (χ1v) is 6.36. The Hall–Kier alpha value is -1.13. The van der Waals surface area contributed by atoms with E-state index < -0.39 is 0 Å². The van der Waals surface area contributed by atoms with Gasteiger partial charge in [-0.1, -0.05) is 0 Å². The predicted molar refractivity (Wildman–Crippen MR) is 75.9 cm³/mol. The van der Waals surface area contributed by atoms with Crippen LogP contribution in [0.5, 0.6) is 0 Å². The van der Waals surface area contributed by atoms with Crippen LogP contribution >= 0.6 is 0 Å². The minimum atomic E-state index is 0.126. The lowest BCUT2D eigenvalue weighted by Gasteiger charge is -2.21. The Morgan fingerprint density at radius 3 is 2.61 bits per heavy atom. The van der Waals surface area contributed by atoms with Crippen molar-refractivity contribution in [3.8, 4) is 0 Å². The molecule has 4 heteroatoms. The van der Waals surface area contributed by atoms with E-state index in [9.17, 15) is 0 Å². The molecule has 102 valence electrons. The number of nitrogens with one attached hydrogen (secondary N) is 2. The van der Waals surface area contributed by atoms with Gasteiger partial charge in [0.2, 0.25) is 0 Å². The third-order valence-corrected chi connectivity index (χ3v) is 2.45. The molecule has 1 rings (SSSR count). The highest BCUT2D eigenvalue weighted by molar-refractivity contribution is 5.39. The number of aryl methyl sites for hydroxylation is 1. The van der Waals surface area contributed by atoms with Crippen LogP contribution in [0.1, 0.15) is 32.0 Å². The van der Waals surface area contributed by atoms with Crippen molar-refractivity contribution in [1.29, 1.82) is 0 Å². The first-order valence-electron chi connectivity index (χ1n) is 6.36. The molecule has 0 aliphatic carbocycles. The van der Waals surface area contributed by atoms with Crippen molar-refractivity contribution in [3.63, 3.8) is 0 Å². The van der Waals surface area contributed by atoms with Crippen LogP contribution in [0.4, 0.5) is 5.82 Å². The molecule has 1 aromatic rings. The van der Waals surface area contributed by atoms with E-state index in [4.69, 9.17) is 4.74 Å². The number of anilines is 1. The summed E-state index contributed by atoms with van der Waals surface area (Å²) >= 11 is 0. The SMILES string of the molecule is COCCNc1cc(CNC(C)(C)C)cc(C)n1. The summed E-state index contributed by atoms with van der Waals surface area (Å²) in [5.74, 6) is 0.915. The number of pyridine rings is 1. The zero-order valence-corrected chi connectivity index (χ0v) is 12.1. The Bertz CT molecular complexity index is 372. The van der Waals surface area contributed by atoms with E-state index in [1.54, 1.807) is 7.11 Å². The number of hydrogen-bond donors (Lipinski definition) is 2. The van der Waals surface area contributed by atoms with E-state index >= 15 is 0 Å². The average molecular weight is 251 g/mol. The van der Waals surface area contributed by atoms with Crippen LogP contribution in [0.25, 0.3) is 0 Å². The average Bonchev–Trinajstić information content (AvgIpc) is 2.25. The number of methoxy groups -OCH3 is 1. The van der Waals surface area contributed by atoms with Crippen LogP contribution in [0.3, 0.4) is 0 Å². The van der Waals surface area contributed by atoms with E-state index in [-0.39, 0.29) is 5.54 Å². The van der Waals surface area contributed by atoms with Gasteiger partial charge in [-0.05, 0) is 45.4 Å². The Balaban J connectivity index is 2.62. The van der Waals surface area contributed by atoms with Crippen LogP contribution in [-0.2, 0) is 11.3 Å². The lowest BCUT2D eigenvalue weighted by atomic mass is 10.1. The summed E-state index contributed by atoms with van der Waals surface area (Å²) in [4.78, 5) is 4.46. The first kappa shape index (κ1) is 14.9. The predicted octanol–water partition coefficient (Wildman–Crippen LogP) is 2.34. The second kappa shape index (κ2) is 6.71. The van der Waals surface area contributed by atoms with Crippen molar-refractivity contribution in [3.05, 3.63) is 23.4 Å². The number of rotatable bonds is 6. The number of hydrogen-bond acceptors (Lipinski definition) is 4. The molecule has 0 unspecified atom stereocenters. The lowest BCUT2D eigenvalue weighted by Crippen LogP contribution is -2.35. The molecule has 18 heavy (non-hydrogen) atoms. The molecule has 1 aromatic heterocycles. The van der Waals surface area contributed by atoms with Gasteiger partial charge in [-0.3, -0.25) is 0 Å². The molecule has 2 N–H and O–H groups in total. The highest BCUT2D eigenvalue weighted by Crippen LogP contribution is 2.11. The van der Waals surface area contributed by atoms with Gasteiger partial charge in [0.15, 0.2) is 0 Å². The number of ether oxygens (including phenoxy) is 1. The molecule has 0 spiro atoms. The molecule has 0 aromatic carbocycles. The van der Waals surface area contributed by atoms with E-state index in [0.29, 0.717) is 6.61 Å². The lowest BCUT2D eigenvalue weighted by molar-refractivity contribution is 0.210. The fraction of sp³-hybridized carbons (Fsp3) is 0.643. The zero-order chi connectivity index (χ0) is 13.6. The van der Waals surface area contributed by atoms with Crippen LogP contribution in [0.2, 0.25) is 0 Å². The Kier molecular flexibility index (Phi) is 5.56. The van der Waals surface area contributed by atoms with Crippen molar-refractivity contribution in [2.24, 2.45) is 0 Å². The topological polar surface area (TPSA) is 46.2 Å². The van der Waals surface area contributed by atoms with E-state index in [2.05, 4.69) is 48.5 Å². The van der Waals surface area contributed by atoms with Gasteiger partial charge in [0, 0.05) is 31.4 Å². The molecule has 0 atom stereocenters. The molecule has 0 amide bonds. The molecule has 0 aliphatic heterocycles. The molecule has 0 aliphatic rings. The molecule has 4 nitrogen and oxygen atoms in total. The Labute approximate surface area is 110 Å². The van der Waals surface area contributed by atoms with Crippen molar-refractivity contribution in [2.75, 3.05) is 25.6 Å². The standard InChI is InChI=1S/C14H25N3O/c1-11-8-12(10-16-14(2,3)4)9-13(17-11)15-6-7-18-5/h8-9,16H,6-7,10H2,1-5H3,(H,15,17). The molecule has 1 heterocycles. The Morgan fingerprint density at radius 2 is 2.00 bits per heavy atom. The van der Waals surface area contributed by atoms with Crippen LogP contribution in [0, 0.1) is 6.92 Å². The molecule has 0 saturated heterocycles. The van der Waals surface area contributed by atoms with Crippen LogP contribution in [-0.4, -0.2) is 30.8 Å². The van der Waals surface area contributed by atoms with Crippen molar-refractivity contribution in [2.45, 2.75) is 39.8 Å². The van der Waals surface area contributed by atoms with Gasteiger partial charge in [0.05, 0.1) is 6.61 Å². The summed E-state index contributed by atoms with van der Waals surface area (Å²) in [6, 6.07) is 4.20. The smallest absolute Gasteiger partial charge is 0.126 e. The van der Waals surface area contributed by atoms with Crippen molar-refractivity contribution < 1.29 is 4.74 Å². The fourth-order valence-corrected chi connectivity index (χ4v) is 1.58. The third-order valence-electron chi connectivity index (χ3n) is 2.45. The normalized spacial score (nSPS) is 11.6.